The third-order valence-electron chi connectivity index (χ3n) is 1.68. The maximum absolute atomic E-state index is 5.35. The summed E-state index contributed by atoms with van der Waals surface area (Å²) in [6.45, 7) is 7.92. The molecule has 0 aromatic heterocycles. The van der Waals surface area contributed by atoms with Gasteiger partial charge in [-0.15, -0.1) is 0 Å². The van der Waals surface area contributed by atoms with Crippen LogP contribution in [0.1, 0.15) is 26.7 Å². The minimum Gasteiger partial charge on any atom is -0.462 e. The molecular formula is C10H14O. The van der Waals surface area contributed by atoms with Crippen molar-refractivity contribution in [3.63, 3.8) is 0 Å². The van der Waals surface area contributed by atoms with E-state index in [1.807, 2.05) is 13.0 Å². The predicted molar refractivity (Wildman–Crippen MR) is 47.0 cm³/mol. The van der Waals surface area contributed by atoms with Gasteiger partial charge >= 0.3 is 0 Å². The van der Waals surface area contributed by atoms with E-state index >= 15 is 0 Å². The maximum atomic E-state index is 5.35. The molecular weight excluding hydrogens is 136 g/mol. The van der Waals surface area contributed by atoms with Crippen molar-refractivity contribution in [3.8, 4) is 0 Å². The van der Waals surface area contributed by atoms with Crippen molar-refractivity contribution in [2.24, 2.45) is 0 Å². The Morgan fingerprint density at radius 1 is 1.45 bits per heavy atom. The lowest BCUT2D eigenvalue weighted by molar-refractivity contribution is 0.311. The highest BCUT2D eigenvalue weighted by Gasteiger charge is 2.07. The van der Waals surface area contributed by atoms with E-state index in [1.165, 1.54) is 5.57 Å². The molecule has 60 valence electrons. The molecule has 0 aliphatic carbocycles. The van der Waals surface area contributed by atoms with Crippen LogP contribution in [0.5, 0.6) is 0 Å². The van der Waals surface area contributed by atoms with Crippen LogP contribution >= 0.6 is 0 Å². The van der Waals surface area contributed by atoms with Gasteiger partial charge < -0.3 is 4.74 Å². The fraction of sp³-hybridized carbons (Fsp3) is 0.400. The molecule has 0 aromatic rings. The van der Waals surface area contributed by atoms with Gasteiger partial charge in [0, 0.05) is 0 Å². The first-order valence-electron chi connectivity index (χ1n) is 3.98. The second kappa shape index (κ2) is 3.42. The lowest BCUT2D eigenvalue weighted by Crippen LogP contribution is -1.97. The molecule has 0 saturated carbocycles. The van der Waals surface area contributed by atoms with Gasteiger partial charge in [-0.25, -0.2) is 0 Å². The van der Waals surface area contributed by atoms with Gasteiger partial charge in [0.15, 0.2) is 0 Å². The van der Waals surface area contributed by atoms with Crippen molar-refractivity contribution >= 4 is 0 Å². The lowest BCUT2D eigenvalue weighted by Gasteiger charge is -2.15. The normalized spacial score (nSPS) is 17.1. The summed E-state index contributed by atoms with van der Waals surface area (Å²) in [6.07, 6.45) is 6.27. The highest BCUT2D eigenvalue weighted by atomic mass is 16.5. The van der Waals surface area contributed by atoms with Gasteiger partial charge in [0.2, 0.25) is 0 Å². The molecule has 0 unspecified atom stereocenters. The van der Waals surface area contributed by atoms with Crippen LogP contribution in [0.4, 0.5) is 0 Å². The predicted octanol–water partition coefficient (Wildman–Crippen LogP) is 3.16. The minimum absolute atomic E-state index is 0.812. The van der Waals surface area contributed by atoms with Gasteiger partial charge in [-0.05, 0) is 25.0 Å². The zero-order valence-electron chi connectivity index (χ0n) is 7.18. The molecule has 1 rings (SSSR count). The van der Waals surface area contributed by atoms with Crippen molar-refractivity contribution in [2.75, 3.05) is 0 Å². The van der Waals surface area contributed by atoms with Crippen molar-refractivity contribution in [1.82, 2.24) is 0 Å². The second-order valence-electron chi connectivity index (χ2n) is 2.74. The van der Waals surface area contributed by atoms with Gasteiger partial charge in [-0.2, -0.15) is 0 Å². The number of rotatable bonds is 2. The summed E-state index contributed by atoms with van der Waals surface area (Å²) in [5.74, 6) is 1.74. The first-order valence-corrected chi connectivity index (χ1v) is 3.98. The average molecular weight is 150 g/mol. The van der Waals surface area contributed by atoms with Crippen LogP contribution in [0.2, 0.25) is 0 Å². The van der Waals surface area contributed by atoms with E-state index < -0.39 is 0 Å². The Bertz CT molecular complexity index is 221. The lowest BCUT2D eigenvalue weighted by atomic mass is 10.1. The monoisotopic (exact) mass is 150 g/mol. The molecule has 0 bridgehead atoms. The summed E-state index contributed by atoms with van der Waals surface area (Å²) in [5.41, 5.74) is 1.22. The zero-order chi connectivity index (χ0) is 8.27. The molecule has 0 N–H and O–H groups in total. The van der Waals surface area contributed by atoms with E-state index in [4.69, 9.17) is 4.74 Å². The van der Waals surface area contributed by atoms with Crippen molar-refractivity contribution < 1.29 is 4.74 Å². The Labute approximate surface area is 68.1 Å². The summed E-state index contributed by atoms with van der Waals surface area (Å²) in [6, 6.07) is 0. The van der Waals surface area contributed by atoms with E-state index in [9.17, 15) is 0 Å². The molecule has 0 radical (unpaired) electrons. The Balaban J connectivity index is 2.70. The quantitative estimate of drug-likeness (QED) is 0.587. The summed E-state index contributed by atoms with van der Waals surface area (Å²) in [7, 11) is 0. The molecule has 0 spiro atoms. The van der Waals surface area contributed by atoms with Crippen molar-refractivity contribution in [3.05, 3.63) is 35.8 Å². The van der Waals surface area contributed by atoms with Crippen LogP contribution in [-0.2, 0) is 4.74 Å². The molecule has 1 aliphatic heterocycles. The van der Waals surface area contributed by atoms with Gasteiger partial charge in [-0.3, -0.25) is 0 Å². The summed E-state index contributed by atoms with van der Waals surface area (Å²) in [4.78, 5) is 0. The molecule has 1 heterocycles. The number of hydrogen-bond donors (Lipinski definition) is 0. The molecule has 0 saturated heterocycles. The first kappa shape index (κ1) is 8.12. The second-order valence-corrected chi connectivity index (χ2v) is 2.74. The molecule has 0 amide bonds. The molecule has 1 aliphatic rings. The van der Waals surface area contributed by atoms with Crippen LogP contribution < -0.4 is 0 Å². The summed E-state index contributed by atoms with van der Waals surface area (Å²) >= 11 is 0. The molecule has 1 nitrogen and oxygen atoms in total. The fourth-order valence-electron chi connectivity index (χ4n) is 1.10. The zero-order valence-corrected chi connectivity index (χ0v) is 7.18. The molecule has 1 heteroatoms. The number of hydrogen-bond acceptors (Lipinski definition) is 1. The van der Waals surface area contributed by atoms with Crippen LogP contribution in [0, 0.1) is 0 Å². The highest BCUT2D eigenvalue weighted by Crippen LogP contribution is 2.22. The van der Waals surface area contributed by atoms with Gasteiger partial charge in [0.25, 0.3) is 0 Å². The summed E-state index contributed by atoms with van der Waals surface area (Å²) in [5, 5.41) is 0. The van der Waals surface area contributed by atoms with Gasteiger partial charge in [-0.1, -0.05) is 26.0 Å². The van der Waals surface area contributed by atoms with Crippen LogP contribution in [0.15, 0.2) is 35.8 Å². The van der Waals surface area contributed by atoms with Crippen LogP contribution in [0.3, 0.4) is 0 Å². The highest BCUT2D eigenvalue weighted by molar-refractivity contribution is 5.32. The SMILES string of the molecule is C=C1OC(C)=CC=C1CCC. The third-order valence-corrected chi connectivity index (χ3v) is 1.68. The Hall–Kier alpha value is -0.980. The van der Waals surface area contributed by atoms with E-state index in [2.05, 4.69) is 19.6 Å². The van der Waals surface area contributed by atoms with Crippen LogP contribution in [0.25, 0.3) is 0 Å². The average Bonchev–Trinajstić information content (AvgIpc) is 1.95. The Morgan fingerprint density at radius 2 is 2.18 bits per heavy atom. The van der Waals surface area contributed by atoms with E-state index in [1.54, 1.807) is 0 Å². The number of allylic oxidation sites excluding steroid dienone is 4. The molecule has 11 heavy (non-hydrogen) atoms. The molecule has 0 aromatic carbocycles. The van der Waals surface area contributed by atoms with Gasteiger partial charge in [0.1, 0.15) is 11.5 Å². The Kier molecular flexibility index (Phi) is 2.53. The minimum atomic E-state index is 0.812. The first-order chi connectivity index (χ1) is 5.24. The smallest absolute Gasteiger partial charge is 0.122 e. The molecule has 0 fully saturated rings. The van der Waals surface area contributed by atoms with Gasteiger partial charge in [0.05, 0.1) is 0 Å². The number of ether oxygens (including phenoxy) is 1. The standard InChI is InChI=1S/C10H14O/c1-4-5-10-7-6-8(2)11-9(10)3/h6-7H,3-5H2,1-2H3. The van der Waals surface area contributed by atoms with E-state index in [0.717, 1.165) is 24.4 Å². The fourth-order valence-corrected chi connectivity index (χ4v) is 1.10. The summed E-state index contributed by atoms with van der Waals surface area (Å²) < 4.78 is 5.35. The van der Waals surface area contributed by atoms with Crippen LogP contribution in [-0.4, -0.2) is 0 Å². The maximum Gasteiger partial charge on any atom is 0.122 e. The van der Waals surface area contributed by atoms with Crippen molar-refractivity contribution in [1.29, 1.82) is 0 Å². The Morgan fingerprint density at radius 3 is 2.73 bits per heavy atom. The third kappa shape index (κ3) is 1.97. The van der Waals surface area contributed by atoms with Crippen molar-refractivity contribution in [2.45, 2.75) is 26.7 Å². The van der Waals surface area contributed by atoms with E-state index in [0.29, 0.717) is 0 Å². The molecule has 0 atom stereocenters. The van der Waals surface area contributed by atoms with E-state index in [-0.39, 0.29) is 0 Å². The topological polar surface area (TPSA) is 9.23 Å². The largest absolute Gasteiger partial charge is 0.462 e.